The number of thioether (sulfide) groups is 1. The molecule has 2 bridgehead atoms. The van der Waals surface area contributed by atoms with Crippen LogP contribution in [0.5, 0.6) is 0 Å². The summed E-state index contributed by atoms with van der Waals surface area (Å²) < 4.78 is 0. The van der Waals surface area contributed by atoms with E-state index in [4.69, 9.17) is 0 Å². The summed E-state index contributed by atoms with van der Waals surface area (Å²) in [7, 11) is 0. The van der Waals surface area contributed by atoms with Crippen LogP contribution in [0.3, 0.4) is 0 Å². The van der Waals surface area contributed by atoms with Gasteiger partial charge >= 0.3 is 0 Å². The molecule has 12 heavy (non-hydrogen) atoms. The Morgan fingerprint density at radius 2 is 1.75 bits per heavy atom. The lowest BCUT2D eigenvalue weighted by atomic mass is 9.95. The zero-order chi connectivity index (χ0) is 8.55. The van der Waals surface area contributed by atoms with Gasteiger partial charge in [-0.15, -0.1) is 0 Å². The van der Waals surface area contributed by atoms with Gasteiger partial charge in [-0.3, -0.25) is 4.79 Å². The van der Waals surface area contributed by atoms with Gasteiger partial charge in [0.05, 0.1) is 0 Å². The molecule has 0 aromatic carbocycles. The molecular weight excluding hydrogens is 168 g/mol. The predicted octanol–water partition coefficient (Wildman–Crippen LogP) is 2.70. The number of hydrogen-bond donors (Lipinski definition) is 0. The smallest absolute Gasteiger partial charge is 0.188 e. The summed E-state index contributed by atoms with van der Waals surface area (Å²) in [5, 5.41) is 0.402. The zero-order valence-corrected chi connectivity index (χ0v) is 8.40. The van der Waals surface area contributed by atoms with Gasteiger partial charge in [0.15, 0.2) is 5.12 Å². The van der Waals surface area contributed by atoms with E-state index in [2.05, 4.69) is 0 Å². The molecule has 0 unspecified atom stereocenters. The Morgan fingerprint density at radius 1 is 1.25 bits per heavy atom. The highest BCUT2D eigenvalue weighted by Crippen LogP contribution is 2.51. The van der Waals surface area contributed by atoms with Crippen LogP contribution in [-0.4, -0.2) is 11.4 Å². The average Bonchev–Trinajstić information content (AvgIpc) is 2.65. The quantitative estimate of drug-likeness (QED) is 0.656. The van der Waals surface area contributed by atoms with Crippen molar-refractivity contribution in [3.05, 3.63) is 0 Å². The fourth-order valence-corrected chi connectivity index (χ4v) is 3.35. The van der Waals surface area contributed by atoms with Crippen molar-refractivity contribution < 1.29 is 4.79 Å². The lowest BCUT2D eigenvalue weighted by Crippen LogP contribution is -2.10. The third kappa shape index (κ3) is 1.41. The van der Waals surface area contributed by atoms with Gasteiger partial charge in [-0.25, -0.2) is 0 Å². The number of rotatable bonds is 2. The molecule has 0 aliphatic heterocycles. The second-order valence-electron chi connectivity index (χ2n) is 4.12. The molecule has 0 atom stereocenters. The first kappa shape index (κ1) is 8.61. The van der Waals surface area contributed by atoms with E-state index in [1.54, 1.807) is 0 Å². The van der Waals surface area contributed by atoms with Crippen molar-refractivity contribution in [2.45, 2.75) is 32.1 Å². The predicted molar refractivity (Wildman–Crippen MR) is 52.1 cm³/mol. The zero-order valence-electron chi connectivity index (χ0n) is 7.58. The van der Waals surface area contributed by atoms with Gasteiger partial charge in [0, 0.05) is 6.42 Å². The molecule has 0 heterocycles. The molecule has 2 rings (SSSR count). The first-order chi connectivity index (χ1) is 5.81. The molecular formula is C10H16OS. The summed E-state index contributed by atoms with van der Waals surface area (Å²) >= 11 is 1.40. The molecule has 0 saturated heterocycles. The van der Waals surface area contributed by atoms with Crippen molar-refractivity contribution in [3.8, 4) is 0 Å². The largest absolute Gasteiger partial charge is 0.287 e. The highest BCUT2D eigenvalue weighted by Gasteiger charge is 2.41. The number of carbonyl (C=O) groups excluding carboxylic acids is 1. The van der Waals surface area contributed by atoms with Gasteiger partial charge in [0.2, 0.25) is 0 Å². The Labute approximate surface area is 78.3 Å². The van der Waals surface area contributed by atoms with Gasteiger partial charge < -0.3 is 0 Å². The van der Waals surface area contributed by atoms with Crippen LogP contribution in [0.15, 0.2) is 0 Å². The van der Waals surface area contributed by atoms with Crippen molar-refractivity contribution in [2.24, 2.45) is 17.8 Å². The van der Waals surface area contributed by atoms with E-state index in [0.717, 1.165) is 24.2 Å². The molecule has 2 saturated carbocycles. The van der Waals surface area contributed by atoms with Gasteiger partial charge in [0.1, 0.15) is 0 Å². The number of fused-ring (bicyclic) bond motifs is 2. The van der Waals surface area contributed by atoms with E-state index in [9.17, 15) is 4.79 Å². The molecule has 0 aromatic rings. The maximum Gasteiger partial charge on any atom is 0.188 e. The number of hydrogen-bond acceptors (Lipinski definition) is 2. The first-order valence-corrected chi connectivity index (χ1v) is 6.10. The van der Waals surface area contributed by atoms with E-state index in [1.165, 1.54) is 37.4 Å². The topological polar surface area (TPSA) is 17.1 Å². The molecule has 1 nitrogen and oxygen atoms in total. The van der Waals surface area contributed by atoms with Crippen LogP contribution in [0.2, 0.25) is 0 Å². The average molecular weight is 184 g/mol. The van der Waals surface area contributed by atoms with E-state index in [0.29, 0.717) is 5.12 Å². The summed E-state index contributed by atoms with van der Waals surface area (Å²) in [6.07, 6.45) is 8.36. The molecule has 0 aromatic heterocycles. The molecule has 2 fully saturated rings. The SMILES string of the molecule is CSC(=O)CC1C2CCC1CC2. The van der Waals surface area contributed by atoms with Crippen LogP contribution in [0.4, 0.5) is 0 Å². The van der Waals surface area contributed by atoms with E-state index in [-0.39, 0.29) is 0 Å². The fourth-order valence-electron chi connectivity index (χ4n) is 3.00. The summed E-state index contributed by atoms with van der Waals surface area (Å²) in [5.41, 5.74) is 0. The van der Waals surface area contributed by atoms with E-state index >= 15 is 0 Å². The van der Waals surface area contributed by atoms with Crippen molar-refractivity contribution in [2.75, 3.05) is 6.26 Å². The van der Waals surface area contributed by atoms with E-state index in [1.807, 2.05) is 6.26 Å². The Hall–Kier alpha value is 0.0200. The standard InChI is InChI=1S/C10H16OS/c1-12-10(11)6-9-7-2-3-8(9)5-4-7/h7-9H,2-6H2,1H3. The van der Waals surface area contributed by atoms with Crippen molar-refractivity contribution in [3.63, 3.8) is 0 Å². The highest BCUT2D eigenvalue weighted by atomic mass is 32.2. The Balaban J connectivity index is 1.92. The Bertz CT molecular complexity index is 170. The fraction of sp³-hybridized carbons (Fsp3) is 0.900. The van der Waals surface area contributed by atoms with Crippen LogP contribution in [0.25, 0.3) is 0 Å². The van der Waals surface area contributed by atoms with Crippen molar-refractivity contribution in [1.82, 2.24) is 0 Å². The van der Waals surface area contributed by atoms with Crippen LogP contribution in [0, 0.1) is 17.8 Å². The summed E-state index contributed by atoms with van der Waals surface area (Å²) in [4.78, 5) is 11.2. The van der Waals surface area contributed by atoms with Gasteiger partial charge in [-0.05, 0) is 49.7 Å². The van der Waals surface area contributed by atoms with Crippen LogP contribution >= 0.6 is 11.8 Å². The molecule has 0 N–H and O–H groups in total. The maximum atomic E-state index is 11.2. The third-order valence-electron chi connectivity index (χ3n) is 3.66. The normalized spacial score (nSPS) is 38.9. The lowest BCUT2D eigenvalue weighted by Gasteiger charge is -2.12. The van der Waals surface area contributed by atoms with Crippen LogP contribution in [0.1, 0.15) is 32.1 Å². The molecule has 0 spiro atoms. The lowest BCUT2D eigenvalue weighted by molar-refractivity contribution is -0.112. The Morgan fingerprint density at radius 3 is 2.17 bits per heavy atom. The van der Waals surface area contributed by atoms with Crippen LogP contribution < -0.4 is 0 Å². The van der Waals surface area contributed by atoms with Crippen molar-refractivity contribution in [1.29, 1.82) is 0 Å². The van der Waals surface area contributed by atoms with Gasteiger partial charge in [-0.1, -0.05) is 11.8 Å². The van der Waals surface area contributed by atoms with Gasteiger partial charge in [0.25, 0.3) is 0 Å². The van der Waals surface area contributed by atoms with Crippen molar-refractivity contribution >= 4 is 16.9 Å². The van der Waals surface area contributed by atoms with Gasteiger partial charge in [-0.2, -0.15) is 0 Å². The minimum atomic E-state index is 0.402. The molecule has 2 heteroatoms. The molecule has 0 amide bonds. The second-order valence-corrected chi connectivity index (χ2v) is 4.98. The molecule has 68 valence electrons. The highest BCUT2D eigenvalue weighted by molar-refractivity contribution is 8.13. The second kappa shape index (κ2) is 3.41. The maximum absolute atomic E-state index is 11.2. The first-order valence-electron chi connectivity index (χ1n) is 4.88. The molecule has 0 radical (unpaired) electrons. The number of carbonyl (C=O) groups is 1. The van der Waals surface area contributed by atoms with Crippen LogP contribution in [-0.2, 0) is 4.79 Å². The summed E-state index contributed by atoms with van der Waals surface area (Å²) in [5.74, 6) is 2.59. The monoisotopic (exact) mass is 184 g/mol. The molecule has 2 aliphatic carbocycles. The minimum absolute atomic E-state index is 0.402. The molecule has 2 aliphatic rings. The summed E-state index contributed by atoms with van der Waals surface area (Å²) in [6, 6.07) is 0. The third-order valence-corrected chi connectivity index (χ3v) is 4.28. The van der Waals surface area contributed by atoms with E-state index < -0.39 is 0 Å². The Kier molecular flexibility index (Phi) is 2.44. The minimum Gasteiger partial charge on any atom is -0.287 e. The summed E-state index contributed by atoms with van der Waals surface area (Å²) in [6.45, 7) is 0.